The summed E-state index contributed by atoms with van der Waals surface area (Å²) in [6.07, 6.45) is 0.656. The molecule has 0 fully saturated rings. The van der Waals surface area contributed by atoms with Crippen molar-refractivity contribution >= 4 is 23.2 Å². The summed E-state index contributed by atoms with van der Waals surface area (Å²) in [6.45, 7) is 2.27. The zero-order valence-electron chi connectivity index (χ0n) is 10.4. The molecule has 0 unspecified atom stereocenters. The fourth-order valence-corrected chi connectivity index (χ4v) is 1.70. The Morgan fingerprint density at radius 1 is 1.50 bits per heavy atom. The van der Waals surface area contributed by atoms with Gasteiger partial charge in [0.1, 0.15) is 5.56 Å². The Bertz CT molecular complexity index is 463. The number of carbonyl (C=O) groups excluding carboxylic acids is 1. The van der Waals surface area contributed by atoms with E-state index in [9.17, 15) is 14.9 Å². The minimum atomic E-state index is -0.540. The first-order valence-electron chi connectivity index (χ1n) is 5.54. The van der Waals surface area contributed by atoms with Crippen molar-refractivity contribution in [3.63, 3.8) is 0 Å². The molecule has 0 saturated carbocycles. The van der Waals surface area contributed by atoms with Crippen molar-refractivity contribution in [2.24, 2.45) is 0 Å². The average molecular weight is 271 g/mol. The second-order valence-corrected chi connectivity index (χ2v) is 4.42. The molecular formula is C12H15ClN2O3. The van der Waals surface area contributed by atoms with Gasteiger partial charge < -0.3 is 4.90 Å². The van der Waals surface area contributed by atoms with Crippen molar-refractivity contribution in [1.29, 1.82) is 0 Å². The van der Waals surface area contributed by atoms with E-state index in [-0.39, 0.29) is 17.2 Å². The number of aryl methyl sites for hydroxylation is 1. The van der Waals surface area contributed by atoms with Crippen LogP contribution in [0.3, 0.4) is 0 Å². The van der Waals surface area contributed by atoms with Crippen molar-refractivity contribution in [3.8, 4) is 0 Å². The molecule has 6 heteroatoms. The van der Waals surface area contributed by atoms with Crippen LogP contribution in [0, 0.1) is 17.0 Å². The molecule has 1 rings (SSSR count). The van der Waals surface area contributed by atoms with Crippen molar-refractivity contribution in [1.82, 2.24) is 4.90 Å². The first-order chi connectivity index (χ1) is 8.47. The van der Waals surface area contributed by atoms with Crippen molar-refractivity contribution in [2.75, 3.05) is 19.5 Å². The summed E-state index contributed by atoms with van der Waals surface area (Å²) in [6, 6.07) is 4.52. The van der Waals surface area contributed by atoms with Gasteiger partial charge in [0.15, 0.2) is 0 Å². The quantitative estimate of drug-likeness (QED) is 0.469. The van der Waals surface area contributed by atoms with Crippen LogP contribution in [-0.2, 0) is 0 Å². The van der Waals surface area contributed by atoms with E-state index in [0.29, 0.717) is 18.8 Å². The summed E-state index contributed by atoms with van der Waals surface area (Å²) in [5, 5.41) is 10.9. The average Bonchev–Trinajstić information content (AvgIpc) is 2.34. The monoisotopic (exact) mass is 270 g/mol. The van der Waals surface area contributed by atoms with Crippen LogP contribution in [0.25, 0.3) is 0 Å². The van der Waals surface area contributed by atoms with Crippen molar-refractivity contribution < 1.29 is 9.72 Å². The summed E-state index contributed by atoms with van der Waals surface area (Å²) >= 11 is 5.56. The molecule has 98 valence electrons. The highest BCUT2D eigenvalue weighted by Gasteiger charge is 2.22. The van der Waals surface area contributed by atoms with E-state index in [4.69, 9.17) is 11.6 Å². The lowest BCUT2D eigenvalue weighted by atomic mass is 10.1. The molecule has 0 heterocycles. The molecule has 0 radical (unpaired) electrons. The third-order valence-corrected chi connectivity index (χ3v) is 2.82. The van der Waals surface area contributed by atoms with Crippen LogP contribution < -0.4 is 0 Å². The van der Waals surface area contributed by atoms with Crippen LogP contribution in [0.5, 0.6) is 0 Å². The molecule has 0 aromatic heterocycles. The van der Waals surface area contributed by atoms with E-state index >= 15 is 0 Å². The highest BCUT2D eigenvalue weighted by molar-refractivity contribution is 6.17. The Morgan fingerprint density at radius 2 is 2.17 bits per heavy atom. The van der Waals surface area contributed by atoms with E-state index in [2.05, 4.69) is 0 Å². The fraction of sp³-hybridized carbons (Fsp3) is 0.417. The fourth-order valence-electron chi connectivity index (χ4n) is 1.58. The molecule has 1 aromatic rings. The van der Waals surface area contributed by atoms with Gasteiger partial charge in [-0.2, -0.15) is 0 Å². The number of nitrogens with zero attached hydrogens (tertiary/aromatic N) is 2. The summed E-state index contributed by atoms with van der Waals surface area (Å²) in [4.78, 5) is 23.9. The molecule has 0 N–H and O–H groups in total. The standard InChI is InChI=1S/C12H15ClN2O3/c1-9-4-5-11(15(17)18)10(8-9)12(16)14(2)7-3-6-13/h4-5,8H,3,6-7H2,1-2H3. The number of carbonyl (C=O) groups is 1. The maximum absolute atomic E-state index is 12.1. The van der Waals surface area contributed by atoms with Crippen LogP contribution in [0.4, 0.5) is 5.69 Å². The third kappa shape index (κ3) is 3.43. The summed E-state index contributed by atoms with van der Waals surface area (Å²) in [5.74, 6) is 0.101. The molecule has 0 bridgehead atoms. The molecule has 5 nitrogen and oxygen atoms in total. The van der Waals surface area contributed by atoms with Crippen LogP contribution in [-0.4, -0.2) is 35.2 Å². The van der Waals surface area contributed by atoms with Gasteiger partial charge in [0.25, 0.3) is 11.6 Å². The molecule has 18 heavy (non-hydrogen) atoms. The van der Waals surface area contributed by atoms with Gasteiger partial charge in [-0.25, -0.2) is 0 Å². The number of rotatable bonds is 5. The normalized spacial score (nSPS) is 10.2. The number of nitro groups is 1. The minimum Gasteiger partial charge on any atom is -0.341 e. The number of hydrogen-bond donors (Lipinski definition) is 0. The maximum Gasteiger partial charge on any atom is 0.282 e. The van der Waals surface area contributed by atoms with Crippen LogP contribution in [0.2, 0.25) is 0 Å². The Labute approximate surface area is 110 Å². The van der Waals surface area contributed by atoms with E-state index in [0.717, 1.165) is 5.56 Å². The molecule has 0 aliphatic rings. The Hall–Kier alpha value is -1.62. The number of halogens is 1. The molecule has 0 saturated heterocycles. The van der Waals surface area contributed by atoms with Gasteiger partial charge in [-0.1, -0.05) is 6.07 Å². The van der Waals surface area contributed by atoms with Gasteiger partial charge in [-0.05, 0) is 25.0 Å². The van der Waals surface area contributed by atoms with Crippen molar-refractivity contribution in [2.45, 2.75) is 13.3 Å². The Kier molecular flexibility index (Phi) is 5.09. The lowest BCUT2D eigenvalue weighted by molar-refractivity contribution is -0.385. The maximum atomic E-state index is 12.1. The SMILES string of the molecule is Cc1ccc([N+](=O)[O-])c(C(=O)N(C)CCCCl)c1. The zero-order chi connectivity index (χ0) is 13.7. The minimum absolute atomic E-state index is 0.122. The van der Waals surface area contributed by atoms with E-state index in [1.165, 1.54) is 17.0 Å². The summed E-state index contributed by atoms with van der Waals surface area (Å²) in [7, 11) is 1.61. The second kappa shape index (κ2) is 6.35. The van der Waals surface area contributed by atoms with E-state index in [1.807, 2.05) is 0 Å². The summed E-state index contributed by atoms with van der Waals surface area (Å²) < 4.78 is 0. The first kappa shape index (κ1) is 14.4. The van der Waals surface area contributed by atoms with Gasteiger partial charge in [-0.15, -0.1) is 11.6 Å². The van der Waals surface area contributed by atoms with E-state index in [1.54, 1.807) is 20.0 Å². The molecule has 0 atom stereocenters. The highest BCUT2D eigenvalue weighted by Crippen LogP contribution is 2.21. The highest BCUT2D eigenvalue weighted by atomic mass is 35.5. The predicted molar refractivity (Wildman–Crippen MR) is 70.1 cm³/mol. The molecule has 1 aromatic carbocycles. The predicted octanol–water partition coefficient (Wildman–Crippen LogP) is 2.60. The number of hydrogen-bond acceptors (Lipinski definition) is 3. The Morgan fingerprint density at radius 3 is 2.72 bits per heavy atom. The lowest BCUT2D eigenvalue weighted by Gasteiger charge is -2.16. The molecule has 0 aliphatic heterocycles. The van der Waals surface area contributed by atoms with Gasteiger partial charge in [-0.3, -0.25) is 14.9 Å². The van der Waals surface area contributed by atoms with E-state index < -0.39 is 4.92 Å². The number of benzene rings is 1. The van der Waals surface area contributed by atoms with Crippen LogP contribution in [0.15, 0.2) is 18.2 Å². The van der Waals surface area contributed by atoms with Gasteiger partial charge in [0.05, 0.1) is 4.92 Å². The molecule has 0 aliphatic carbocycles. The largest absolute Gasteiger partial charge is 0.341 e. The summed E-state index contributed by atoms with van der Waals surface area (Å²) in [5.41, 5.74) is 0.773. The molecule has 0 spiro atoms. The van der Waals surface area contributed by atoms with Gasteiger partial charge in [0, 0.05) is 25.5 Å². The van der Waals surface area contributed by atoms with Gasteiger partial charge in [0.2, 0.25) is 0 Å². The van der Waals surface area contributed by atoms with Crippen LogP contribution in [0.1, 0.15) is 22.3 Å². The number of nitro benzene ring substituents is 1. The molecular weight excluding hydrogens is 256 g/mol. The van der Waals surface area contributed by atoms with Gasteiger partial charge >= 0.3 is 0 Å². The first-order valence-corrected chi connectivity index (χ1v) is 6.07. The zero-order valence-corrected chi connectivity index (χ0v) is 11.1. The van der Waals surface area contributed by atoms with Crippen molar-refractivity contribution in [3.05, 3.63) is 39.4 Å². The second-order valence-electron chi connectivity index (χ2n) is 4.05. The van der Waals surface area contributed by atoms with Crippen LogP contribution >= 0.6 is 11.6 Å². The smallest absolute Gasteiger partial charge is 0.282 e. The number of alkyl halides is 1. The Balaban J connectivity index is 3.03. The third-order valence-electron chi connectivity index (χ3n) is 2.55. The lowest BCUT2D eigenvalue weighted by Crippen LogP contribution is -2.28. The topological polar surface area (TPSA) is 63.5 Å². The molecule has 1 amide bonds. The number of amides is 1.